The van der Waals surface area contributed by atoms with Gasteiger partial charge < -0.3 is 5.32 Å². The predicted octanol–water partition coefficient (Wildman–Crippen LogP) is 2.92. The quantitative estimate of drug-likeness (QED) is 0.677. The zero-order chi connectivity index (χ0) is 14.7. The zero-order valence-electron chi connectivity index (χ0n) is 11.6. The van der Waals surface area contributed by atoms with E-state index in [1.165, 1.54) is 17.4 Å². The Hall–Kier alpha value is -1.86. The summed E-state index contributed by atoms with van der Waals surface area (Å²) in [5, 5.41) is 24.1. The van der Waals surface area contributed by atoms with E-state index in [4.69, 9.17) is 0 Å². The second kappa shape index (κ2) is 6.06. The third-order valence-electron chi connectivity index (χ3n) is 2.86. The van der Waals surface area contributed by atoms with E-state index in [9.17, 15) is 10.1 Å². The number of nitrogens with zero attached hydrogens (tertiary/aromatic N) is 3. The lowest BCUT2D eigenvalue weighted by Gasteiger charge is -2.04. The topological polar surface area (TPSA) is 81.0 Å². The molecule has 2 aromatic rings. The van der Waals surface area contributed by atoms with E-state index in [0.717, 1.165) is 10.6 Å². The normalized spacial score (nSPS) is 11.0. The minimum Gasteiger partial charge on any atom is -0.308 e. The Morgan fingerprint density at radius 3 is 2.80 bits per heavy atom. The molecular weight excluding hydrogens is 276 g/mol. The van der Waals surface area contributed by atoms with Gasteiger partial charge in [-0.1, -0.05) is 37.3 Å². The smallest absolute Gasteiger partial charge is 0.273 e. The summed E-state index contributed by atoms with van der Waals surface area (Å²) in [5.41, 5.74) is 1.50. The molecule has 0 saturated heterocycles. The average Bonchev–Trinajstić information content (AvgIpc) is 2.85. The van der Waals surface area contributed by atoms with Crippen molar-refractivity contribution in [2.45, 2.75) is 33.4 Å². The lowest BCUT2D eigenvalue weighted by Crippen LogP contribution is -2.21. The summed E-state index contributed by atoms with van der Waals surface area (Å²) in [6, 6.07) is 5.39. The fourth-order valence-corrected chi connectivity index (χ4v) is 2.65. The molecule has 1 aromatic carbocycles. The van der Waals surface area contributed by atoms with Crippen molar-refractivity contribution in [1.29, 1.82) is 0 Å². The number of benzene rings is 1. The maximum atomic E-state index is 11.0. The maximum Gasteiger partial charge on any atom is 0.273 e. The predicted molar refractivity (Wildman–Crippen MR) is 78.7 cm³/mol. The molecule has 0 fully saturated rings. The van der Waals surface area contributed by atoms with Crippen LogP contribution >= 0.6 is 11.3 Å². The molecule has 0 atom stereocenters. The molecule has 1 aromatic heterocycles. The number of nitrogens with one attached hydrogen (secondary N) is 1. The standard InChI is InChI=1S/C13H16N4O2S/c1-8(2)14-7-12-15-16-13(20-12)10-5-4-6-11(9(10)3)17(18)19/h4-6,8,14H,7H2,1-3H3. The molecule has 0 aliphatic heterocycles. The van der Waals surface area contributed by atoms with E-state index >= 15 is 0 Å². The molecule has 0 amide bonds. The number of nitro groups is 1. The number of hydrogen-bond donors (Lipinski definition) is 1. The lowest BCUT2D eigenvalue weighted by atomic mass is 10.1. The molecule has 2 rings (SSSR count). The van der Waals surface area contributed by atoms with Gasteiger partial charge in [-0.3, -0.25) is 10.1 Å². The zero-order valence-corrected chi connectivity index (χ0v) is 12.4. The van der Waals surface area contributed by atoms with E-state index in [-0.39, 0.29) is 10.6 Å². The van der Waals surface area contributed by atoms with Crippen LogP contribution in [0.15, 0.2) is 18.2 Å². The highest BCUT2D eigenvalue weighted by molar-refractivity contribution is 7.14. The summed E-state index contributed by atoms with van der Waals surface area (Å²) in [5.74, 6) is 0. The highest BCUT2D eigenvalue weighted by Gasteiger charge is 2.17. The van der Waals surface area contributed by atoms with Crippen LogP contribution < -0.4 is 5.32 Å². The van der Waals surface area contributed by atoms with Crippen molar-refractivity contribution < 1.29 is 4.92 Å². The number of rotatable bonds is 5. The molecule has 0 radical (unpaired) electrons. The summed E-state index contributed by atoms with van der Waals surface area (Å²) in [6.45, 7) is 6.52. The van der Waals surface area contributed by atoms with Crippen LogP contribution in [-0.4, -0.2) is 21.2 Å². The summed E-state index contributed by atoms with van der Waals surface area (Å²) >= 11 is 1.46. The van der Waals surface area contributed by atoms with Crippen molar-refractivity contribution >= 4 is 17.0 Å². The van der Waals surface area contributed by atoms with Crippen LogP contribution in [0, 0.1) is 17.0 Å². The van der Waals surface area contributed by atoms with Crippen LogP contribution in [0.3, 0.4) is 0 Å². The van der Waals surface area contributed by atoms with Gasteiger partial charge in [0.1, 0.15) is 10.0 Å². The number of nitro benzene ring substituents is 1. The molecule has 1 heterocycles. The van der Waals surface area contributed by atoms with Gasteiger partial charge in [0.2, 0.25) is 0 Å². The van der Waals surface area contributed by atoms with Crippen molar-refractivity contribution in [2.75, 3.05) is 0 Å². The molecule has 0 saturated carbocycles. The van der Waals surface area contributed by atoms with Crippen LogP contribution in [0.25, 0.3) is 10.6 Å². The van der Waals surface area contributed by atoms with Crippen LogP contribution in [0.2, 0.25) is 0 Å². The molecule has 0 spiro atoms. The molecule has 7 heteroatoms. The van der Waals surface area contributed by atoms with Gasteiger partial charge in [0.25, 0.3) is 5.69 Å². The fourth-order valence-electron chi connectivity index (χ4n) is 1.78. The van der Waals surface area contributed by atoms with Gasteiger partial charge in [0.15, 0.2) is 0 Å². The number of aromatic nitrogens is 2. The van der Waals surface area contributed by atoms with Gasteiger partial charge in [-0.15, -0.1) is 10.2 Å². The molecule has 0 unspecified atom stereocenters. The molecule has 0 aliphatic rings. The van der Waals surface area contributed by atoms with Crippen LogP contribution in [0.4, 0.5) is 5.69 Å². The summed E-state index contributed by atoms with van der Waals surface area (Å²) in [4.78, 5) is 10.6. The fraction of sp³-hybridized carbons (Fsp3) is 0.385. The van der Waals surface area contributed by atoms with Crippen molar-refractivity contribution in [1.82, 2.24) is 15.5 Å². The van der Waals surface area contributed by atoms with E-state index in [1.54, 1.807) is 13.0 Å². The van der Waals surface area contributed by atoms with E-state index in [0.29, 0.717) is 23.2 Å². The van der Waals surface area contributed by atoms with Gasteiger partial charge in [-0.05, 0) is 6.92 Å². The van der Waals surface area contributed by atoms with Gasteiger partial charge in [0, 0.05) is 29.8 Å². The molecular formula is C13H16N4O2S. The average molecular weight is 292 g/mol. The summed E-state index contributed by atoms with van der Waals surface area (Å²) < 4.78 is 0. The van der Waals surface area contributed by atoms with E-state index < -0.39 is 0 Å². The van der Waals surface area contributed by atoms with Gasteiger partial charge >= 0.3 is 0 Å². The van der Waals surface area contributed by atoms with Crippen molar-refractivity contribution in [3.05, 3.63) is 38.9 Å². The Kier molecular flexibility index (Phi) is 4.41. The molecule has 20 heavy (non-hydrogen) atoms. The van der Waals surface area contributed by atoms with E-state index in [2.05, 4.69) is 29.4 Å². The van der Waals surface area contributed by atoms with Gasteiger partial charge in [0.05, 0.1) is 4.92 Å². The molecule has 1 N–H and O–H groups in total. The molecule has 106 valence electrons. The maximum absolute atomic E-state index is 11.0. The monoisotopic (exact) mass is 292 g/mol. The third-order valence-corrected chi connectivity index (χ3v) is 3.82. The van der Waals surface area contributed by atoms with Gasteiger partial charge in [-0.25, -0.2) is 0 Å². The second-order valence-corrected chi connectivity index (χ2v) is 5.81. The van der Waals surface area contributed by atoms with Crippen molar-refractivity contribution in [3.63, 3.8) is 0 Å². The first-order valence-electron chi connectivity index (χ1n) is 6.29. The molecule has 0 bridgehead atoms. The first kappa shape index (κ1) is 14.5. The minimum atomic E-state index is -0.374. The summed E-state index contributed by atoms with van der Waals surface area (Å²) in [6.07, 6.45) is 0. The van der Waals surface area contributed by atoms with Crippen molar-refractivity contribution in [3.8, 4) is 10.6 Å². The first-order valence-corrected chi connectivity index (χ1v) is 7.11. The minimum absolute atomic E-state index is 0.111. The largest absolute Gasteiger partial charge is 0.308 e. The van der Waals surface area contributed by atoms with Gasteiger partial charge in [-0.2, -0.15) is 0 Å². The first-order chi connectivity index (χ1) is 9.49. The number of hydrogen-bond acceptors (Lipinski definition) is 6. The second-order valence-electron chi connectivity index (χ2n) is 4.74. The van der Waals surface area contributed by atoms with E-state index in [1.807, 2.05) is 6.07 Å². The Morgan fingerprint density at radius 1 is 1.40 bits per heavy atom. The molecule has 6 nitrogen and oxygen atoms in total. The Bertz CT molecular complexity index is 625. The summed E-state index contributed by atoms with van der Waals surface area (Å²) in [7, 11) is 0. The van der Waals surface area contributed by atoms with Crippen molar-refractivity contribution in [2.24, 2.45) is 0 Å². The molecule has 0 aliphatic carbocycles. The third kappa shape index (κ3) is 3.17. The highest BCUT2D eigenvalue weighted by Crippen LogP contribution is 2.31. The Balaban J connectivity index is 2.28. The SMILES string of the molecule is Cc1c(-c2nnc(CNC(C)C)s2)cccc1[N+](=O)[O-]. The Morgan fingerprint density at radius 2 is 2.15 bits per heavy atom. The Labute approximate surface area is 121 Å². The lowest BCUT2D eigenvalue weighted by molar-refractivity contribution is -0.385. The highest BCUT2D eigenvalue weighted by atomic mass is 32.1. The van der Waals surface area contributed by atoms with Crippen LogP contribution in [-0.2, 0) is 6.54 Å². The van der Waals surface area contributed by atoms with Crippen LogP contribution in [0.1, 0.15) is 24.4 Å². The van der Waals surface area contributed by atoms with Crippen LogP contribution in [0.5, 0.6) is 0 Å².